The van der Waals surface area contributed by atoms with Gasteiger partial charge in [-0.3, -0.25) is 0 Å². The number of aliphatic hydroxyl groups is 1. The van der Waals surface area contributed by atoms with Crippen LogP contribution in [0.15, 0.2) is 48.5 Å². The summed E-state index contributed by atoms with van der Waals surface area (Å²) >= 11 is 8.24. The molecule has 0 aliphatic carbocycles. The minimum absolute atomic E-state index is 0.459. The summed E-state index contributed by atoms with van der Waals surface area (Å²) in [5.74, 6) is 0. The van der Waals surface area contributed by atoms with Crippen molar-refractivity contribution < 1.29 is 5.11 Å². The Morgan fingerprint density at radius 2 is 1.83 bits per heavy atom. The van der Waals surface area contributed by atoms with Gasteiger partial charge in [-0.1, -0.05) is 48.0 Å². The largest absolute Gasteiger partial charge is 0.388 e. The number of hydrogen-bond donors (Lipinski definition) is 1. The van der Waals surface area contributed by atoms with Crippen LogP contribution in [0.2, 0.25) is 5.02 Å². The summed E-state index contributed by atoms with van der Waals surface area (Å²) in [4.78, 5) is 0. The highest BCUT2D eigenvalue weighted by atomic mass is 127. The molecule has 0 aromatic heterocycles. The van der Waals surface area contributed by atoms with Gasteiger partial charge in [-0.15, -0.1) is 0 Å². The van der Waals surface area contributed by atoms with Gasteiger partial charge >= 0.3 is 0 Å². The first kappa shape index (κ1) is 13.8. The fourth-order valence-corrected chi connectivity index (χ4v) is 2.36. The third-order valence-corrected chi connectivity index (χ3v) is 4.45. The van der Waals surface area contributed by atoms with Crippen molar-refractivity contribution in [3.8, 4) is 0 Å². The highest BCUT2D eigenvalue weighted by Crippen LogP contribution is 2.25. The van der Waals surface area contributed by atoms with Gasteiger partial charge in [0.2, 0.25) is 0 Å². The van der Waals surface area contributed by atoms with Crippen LogP contribution in [-0.2, 0) is 6.42 Å². The van der Waals surface area contributed by atoms with Crippen molar-refractivity contribution >= 4 is 34.2 Å². The summed E-state index contributed by atoms with van der Waals surface area (Å²) in [7, 11) is 0. The van der Waals surface area contributed by atoms with Crippen LogP contribution < -0.4 is 0 Å². The molecule has 2 aromatic carbocycles. The van der Waals surface area contributed by atoms with E-state index in [1.807, 2.05) is 36.4 Å². The summed E-state index contributed by atoms with van der Waals surface area (Å²) in [6.45, 7) is 0. The second-order valence-corrected chi connectivity index (χ2v) is 5.78. The molecule has 94 valence electrons. The number of aliphatic hydroxyl groups excluding tert-OH is 1. The Kier molecular flexibility index (Phi) is 5.03. The zero-order chi connectivity index (χ0) is 13.0. The van der Waals surface area contributed by atoms with Crippen molar-refractivity contribution in [1.82, 2.24) is 0 Å². The Labute approximate surface area is 126 Å². The maximum atomic E-state index is 10.1. The van der Waals surface area contributed by atoms with Crippen LogP contribution in [0.1, 0.15) is 23.7 Å². The lowest BCUT2D eigenvalue weighted by molar-refractivity contribution is 0.168. The third kappa shape index (κ3) is 3.70. The molecular weight excluding hydrogens is 359 g/mol. The van der Waals surface area contributed by atoms with E-state index in [-0.39, 0.29) is 0 Å². The van der Waals surface area contributed by atoms with Gasteiger partial charge in [0.1, 0.15) is 0 Å². The van der Waals surface area contributed by atoms with Crippen molar-refractivity contribution in [2.45, 2.75) is 18.9 Å². The molecule has 0 amide bonds. The van der Waals surface area contributed by atoms with Crippen molar-refractivity contribution in [2.24, 2.45) is 0 Å². The number of aryl methyl sites for hydroxylation is 1. The summed E-state index contributed by atoms with van der Waals surface area (Å²) in [5.41, 5.74) is 2.13. The molecule has 0 saturated heterocycles. The number of halogens is 2. The maximum Gasteiger partial charge on any atom is 0.0793 e. The molecule has 1 atom stereocenters. The highest BCUT2D eigenvalue weighted by Gasteiger charge is 2.09. The molecule has 2 aromatic rings. The van der Waals surface area contributed by atoms with Crippen LogP contribution in [-0.4, -0.2) is 5.11 Å². The van der Waals surface area contributed by atoms with E-state index < -0.39 is 6.10 Å². The van der Waals surface area contributed by atoms with E-state index in [4.69, 9.17) is 11.6 Å². The summed E-state index contributed by atoms with van der Waals surface area (Å²) in [5, 5.41) is 10.8. The molecule has 1 N–H and O–H groups in total. The fourth-order valence-electron chi connectivity index (χ4n) is 1.83. The first-order valence-electron chi connectivity index (χ1n) is 5.84. The van der Waals surface area contributed by atoms with Crippen molar-refractivity contribution in [3.63, 3.8) is 0 Å². The lowest BCUT2D eigenvalue weighted by Gasteiger charge is -2.11. The lowest BCUT2D eigenvalue weighted by atomic mass is 10.0. The van der Waals surface area contributed by atoms with Crippen molar-refractivity contribution in [1.29, 1.82) is 0 Å². The predicted octanol–water partition coefficient (Wildman–Crippen LogP) is 4.61. The predicted molar refractivity (Wildman–Crippen MR) is 83.9 cm³/mol. The molecule has 0 aliphatic rings. The van der Waals surface area contributed by atoms with E-state index in [1.54, 1.807) is 0 Å². The Morgan fingerprint density at radius 1 is 1.11 bits per heavy atom. The van der Waals surface area contributed by atoms with Crippen LogP contribution in [0.5, 0.6) is 0 Å². The SMILES string of the molecule is OC(CCc1ccccc1)c1ccc(I)c(Cl)c1. The number of rotatable bonds is 4. The van der Waals surface area contributed by atoms with Gasteiger partial charge in [0.05, 0.1) is 11.1 Å². The van der Waals surface area contributed by atoms with Gasteiger partial charge in [0.15, 0.2) is 0 Å². The molecule has 18 heavy (non-hydrogen) atoms. The average Bonchev–Trinajstić information content (AvgIpc) is 2.40. The van der Waals surface area contributed by atoms with Gasteiger partial charge in [-0.2, -0.15) is 0 Å². The minimum Gasteiger partial charge on any atom is -0.388 e. The normalized spacial score (nSPS) is 12.4. The van der Waals surface area contributed by atoms with E-state index >= 15 is 0 Å². The van der Waals surface area contributed by atoms with Crippen LogP contribution in [0, 0.1) is 3.57 Å². The summed E-state index contributed by atoms with van der Waals surface area (Å²) in [6.07, 6.45) is 1.12. The van der Waals surface area contributed by atoms with Crippen LogP contribution >= 0.6 is 34.2 Å². The van der Waals surface area contributed by atoms with E-state index in [9.17, 15) is 5.11 Å². The topological polar surface area (TPSA) is 20.2 Å². The third-order valence-electron chi connectivity index (χ3n) is 2.88. The van der Waals surface area contributed by atoms with Crippen LogP contribution in [0.3, 0.4) is 0 Å². The molecule has 1 nitrogen and oxygen atoms in total. The molecular formula is C15H14ClIO. The molecule has 0 fully saturated rings. The molecule has 0 heterocycles. The second kappa shape index (κ2) is 6.55. The smallest absolute Gasteiger partial charge is 0.0793 e. The van der Waals surface area contributed by atoms with E-state index in [1.165, 1.54) is 5.56 Å². The number of hydrogen-bond acceptors (Lipinski definition) is 1. The van der Waals surface area contributed by atoms with Gasteiger partial charge in [-0.25, -0.2) is 0 Å². The molecule has 2 rings (SSSR count). The van der Waals surface area contributed by atoms with Crippen molar-refractivity contribution in [2.75, 3.05) is 0 Å². The molecule has 0 aliphatic heterocycles. The molecule has 0 spiro atoms. The van der Waals surface area contributed by atoms with E-state index in [0.717, 1.165) is 15.6 Å². The first-order chi connectivity index (χ1) is 8.66. The quantitative estimate of drug-likeness (QED) is 0.777. The van der Waals surface area contributed by atoms with Crippen molar-refractivity contribution in [3.05, 3.63) is 68.3 Å². The Hall–Kier alpha value is -0.580. The molecule has 1 unspecified atom stereocenters. The maximum absolute atomic E-state index is 10.1. The van der Waals surface area contributed by atoms with E-state index in [2.05, 4.69) is 34.7 Å². The molecule has 0 radical (unpaired) electrons. The Balaban J connectivity index is 1.99. The standard InChI is InChI=1S/C15H14ClIO/c16-13-10-12(7-8-14(13)17)15(18)9-6-11-4-2-1-3-5-11/h1-5,7-8,10,15,18H,6,9H2. The Morgan fingerprint density at radius 3 is 2.50 bits per heavy atom. The summed E-state index contributed by atoms with van der Waals surface area (Å²) in [6, 6.07) is 15.9. The van der Waals surface area contributed by atoms with Crippen LogP contribution in [0.25, 0.3) is 0 Å². The van der Waals surface area contributed by atoms with Gasteiger partial charge in [0.25, 0.3) is 0 Å². The molecule has 0 saturated carbocycles. The van der Waals surface area contributed by atoms with Gasteiger partial charge < -0.3 is 5.11 Å². The minimum atomic E-state index is -0.459. The fraction of sp³-hybridized carbons (Fsp3) is 0.200. The number of benzene rings is 2. The summed E-state index contributed by atoms with van der Waals surface area (Å²) < 4.78 is 1.01. The second-order valence-electron chi connectivity index (χ2n) is 4.21. The van der Waals surface area contributed by atoms with Crippen LogP contribution in [0.4, 0.5) is 0 Å². The average molecular weight is 373 g/mol. The zero-order valence-electron chi connectivity index (χ0n) is 9.81. The van der Waals surface area contributed by atoms with Gasteiger partial charge in [0, 0.05) is 3.57 Å². The molecule has 3 heteroatoms. The molecule has 0 bridgehead atoms. The first-order valence-corrected chi connectivity index (χ1v) is 7.29. The monoisotopic (exact) mass is 372 g/mol. The van der Waals surface area contributed by atoms with Gasteiger partial charge in [-0.05, 0) is 58.7 Å². The highest BCUT2D eigenvalue weighted by molar-refractivity contribution is 14.1. The zero-order valence-corrected chi connectivity index (χ0v) is 12.7. The lowest BCUT2D eigenvalue weighted by Crippen LogP contribution is -2.00. The van der Waals surface area contributed by atoms with E-state index in [0.29, 0.717) is 11.4 Å². The Bertz CT molecular complexity index is 513.